The van der Waals surface area contributed by atoms with Crippen LogP contribution < -0.4 is 5.32 Å². The van der Waals surface area contributed by atoms with Crippen molar-refractivity contribution in [3.05, 3.63) is 58.1 Å². The molecule has 4 heteroatoms. The van der Waals surface area contributed by atoms with E-state index in [2.05, 4.69) is 45.0 Å². The molecule has 0 bridgehead atoms. The highest BCUT2D eigenvalue weighted by Crippen LogP contribution is 2.18. The number of benzene rings is 1. The van der Waals surface area contributed by atoms with E-state index < -0.39 is 0 Å². The maximum Gasteiger partial charge on any atom is 0.137 e. The molecule has 0 amide bonds. The number of nitrogens with one attached hydrogen (secondary N) is 1. The van der Waals surface area contributed by atoms with E-state index in [0.717, 1.165) is 12.1 Å². The molecule has 0 spiro atoms. The molecule has 0 saturated heterocycles. The van der Waals surface area contributed by atoms with Crippen molar-refractivity contribution in [2.45, 2.75) is 19.5 Å². The molecule has 1 aromatic heterocycles. The van der Waals surface area contributed by atoms with Gasteiger partial charge in [-0.3, -0.25) is 0 Å². The molecule has 18 heavy (non-hydrogen) atoms. The fourth-order valence-electron chi connectivity index (χ4n) is 1.83. The van der Waals surface area contributed by atoms with Gasteiger partial charge in [0.1, 0.15) is 5.82 Å². The topological polar surface area (TPSA) is 17.0 Å². The monoisotopic (exact) mass is 310 g/mol. The molecule has 2 nitrogen and oxygen atoms in total. The lowest BCUT2D eigenvalue weighted by Crippen LogP contribution is -2.11. The van der Waals surface area contributed by atoms with Gasteiger partial charge in [-0.05, 0) is 59.2 Å². The molecule has 2 aromatic rings. The van der Waals surface area contributed by atoms with Crippen LogP contribution in [0, 0.1) is 5.82 Å². The van der Waals surface area contributed by atoms with E-state index in [1.807, 2.05) is 19.3 Å². The highest BCUT2D eigenvalue weighted by Gasteiger charge is 2.05. The van der Waals surface area contributed by atoms with Crippen LogP contribution in [0.1, 0.15) is 24.1 Å². The maximum absolute atomic E-state index is 13.1. The van der Waals surface area contributed by atoms with Crippen LogP contribution in [0.3, 0.4) is 0 Å². The Hall–Kier alpha value is -1.13. The van der Waals surface area contributed by atoms with Crippen LogP contribution in [0.25, 0.3) is 0 Å². The van der Waals surface area contributed by atoms with E-state index in [-0.39, 0.29) is 5.82 Å². The SMILES string of the molecule is CNC(C)c1ccn(Cc2ccc(F)c(Br)c2)c1. The third-order valence-electron chi connectivity index (χ3n) is 3.06. The molecule has 1 atom stereocenters. The van der Waals surface area contributed by atoms with E-state index in [4.69, 9.17) is 0 Å². The lowest BCUT2D eigenvalue weighted by atomic mass is 10.2. The summed E-state index contributed by atoms with van der Waals surface area (Å²) in [5.74, 6) is -0.226. The van der Waals surface area contributed by atoms with Gasteiger partial charge in [0.15, 0.2) is 0 Å². The van der Waals surface area contributed by atoms with E-state index in [9.17, 15) is 4.39 Å². The molecular formula is C14H16BrFN2. The summed E-state index contributed by atoms with van der Waals surface area (Å²) in [5.41, 5.74) is 2.32. The first-order valence-electron chi connectivity index (χ1n) is 5.87. The minimum atomic E-state index is -0.226. The predicted octanol–water partition coefficient (Wildman–Crippen LogP) is 3.72. The average Bonchev–Trinajstić information content (AvgIpc) is 2.81. The van der Waals surface area contributed by atoms with Gasteiger partial charge in [-0.15, -0.1) is 0 Å². The Morgan fingerprint density at radius 1 is 1.39 bits per heavy atom. The number of halogens is 2. The Labute approximate surface area is 115 Å². The quantitative estimate of drug-likeness (QED) is 0.910. The zero-order valence-electron chi connectivity index (χ0n) is 10.5. The molecule has 1 unspecified atom stereocenters. The summed E-state index contributed by atoms with van der Waals surface area (Å²) < 4.78 is 15.7. The minimum Gasteiger partial charge on any atom is -0.350 e. The molecule has 1 N–H and O–H groups in total. The van der Waals surface area contributed by atoms with Crippen molar-refractivity contribution in [1.29, 1.82) is 0 Å². The molecule has 0 aliphatic carbocycles. The lowest BCUT2D eigenvalue weighted by molar-refractivity contribution is 0.619. The second-order valence-electron chi connectivity index (χ2n) is 4.38. The highest BCUT2D eigenvalue weighted by molar-refractivity contribution is 9.10. The van der Waals surface area contributed by atoms with Gasteiger partial charge in [0.25, 0.3) is 0 Å². The van der Waals surface area contributed by atoms with Crippen molar-refractivity contribution in [2.75, 3.05) is 7.05 Å². The maximum atomic E-state index is 13.1. The standard InChI is InChI=1S/C14H16BrFN2/c1-10(17-2)12-5-6-18(9-12)8-11-3-4-14(16)13(15)7-11/h3-7,9-10,17H,8H2,1-2H3. The van der Waals surface area contributed by atoms with Gasteiger partial charge in [0.05, 0.1) is 4.47 Å². The fraction of sp³-hybridized carbons (Fsp3) is 0.286. The summed E-state index contributed by atoms with van der Waals surface area (Å²) in [6.07, 6.45) is 4.15. The zero-order chi connectivity index (χ0) is 13.1. The Morgan fingerprint density at radius 3 is 2.83 bits per heavy atom. The number of rotatable bonds is 4. The van der Waals surface area contributed by atoms with Crippen LogP contribution in [0.2, 0.25) is 0 Å². The van der Waals surface area contributed by atoms with Crippen LogP contribution in [0.4, 0.5) is 4.39 Å². The number of hydrogen-bond acceptors (Lipinski definition) is 1. The first-order valence-corrected chi connectivity index (χ1v) is 6.66. The molecule has 0 saturated carbocycles. The van der Waals surface area contributed by atoms with E-state index in [0.29, 0.717) is 10.5 Å². The molecule has 1 heterocycles. The fourth-order valence-corrected chi connectivity index (χ4v) is 2.26. The smallest absolute Gasteiger partial charge is 0.137 e. The number of nitrogens with zero attached hydrogens (tertiary/aromatic N) is 1. The van der Waals surface area contributed by atoms with E-state index in [1.54, 1.807) is 6.07 Å². The minimum absolute atomic E-state index is 0.226. The third-order valence-corrected chi connectivity index (χ3v) is 3.66. The van der Waals surface area contributed by atoms with E-state index >= 15 is 0 Å². The van der Waals surface area contributed by atoms with Crippen LogP contribution in [0.15, 0.2) is 41.1 Å². The summed E-state index contributed by atoms with van der Waals surface area (Å²) >= 11 is 3.20. The van der Waals surface area contributed by atoms with Crippen LogP contribution in [-0.2, 0) is 6.54 Å². The normalized spacial score (nSPS) is 12.7. The summed E-state index contributed by atoms with van der Waals surface area (Å²) in [7, 11) is 1.94. The Morgan fingerprint density at radius 2 is 2.17 bits per heavy atom. The first-order chi connectivity index (χ1) is 8.60. The number of hydrogen-bond donors (Lipinski definition) is 1. The van der Waals surface area contributed by atoms with Crippen molar-refractivity contribution in [3.8, 4) is 0 Å². The van der Waals surface area contributed by atoms with Gasteiger partial charge in [-0.25, -0.2) is 4.39 Å². The van der Waals surface area contributed by atoms with Gasteiger partial charge >= 0.3 is 0 Å². The molecule has 1 aromatic carbocycles. The van der Waals surface area contributed by atoms with Crippen molar-refractivity contribution < 1.29 is 4.39 Å². The van der Waals surface area contributed by atoms with E-state index in [1.165, 1.54) is 11.6 Å². The molecule has 0 aliphatic rings. The Balaban J connectivity index is 2.13. The molecular weight excluding hydrogens is 295 g/mol. The van der Waals surface area contributed by atoms with Gasteiger partial charge in [0, 0.05) is 25.0 Å². The number of aromatic nitrogens is 1. The predicted molar refractivity (Wildman–Crippen MR) is 75.1 cm³/mol. The third kappa shape index (κ3) is 3.00. The van der Waals surface area contributed by atoms with Gasteiger partial charge < -0.3 is 9.88 Å². The summed E-state index contributed by atoms with van der Waals surface area (Å²) in [6.45, 7) is 2.86. The van der Waals surface area contributed by atoms with Crippen molar-refractivity contribution in [1.82, 2.24) is 9.88 Å². The summed E-state index contributed by atoms with van der Waals surface area (Å²) in [6, 6.07) is 7.54. The Kier molecular flexibility index (Phi) is 4.19. The van der Waals surface area contributed by atoms with Crippen LogP contribution >= 0.6 is 15.9 Å². The molecule has 96 valence electrons. The zero-order valence-corrected chi connectivity index (χ0v) is 12.0. The molecule has 0 radical (unpaired) electrons. The first kappa shape index (κ1) is 13.3. The lowest BCUT2D eigenvalue weighted by Gasteiger charge is -2.07. The largest absolute Gasteiger partial charge is 0.350 e. The van der Waals surface area contributed by atoms with Crippen LogP contribution in [0.5, 0.6) is 0 Å². The average molecular weight is 311 g/mol. The van der Waals surface area contributed by atoms with Gasteiger partial charge in [-0.1, -0.05) is 6.07 Å². The highest BCUT2D eigenvalue weighted by atomic mass is 79.9. The Bertz CT molecular complexity index is 536. The van der Waals surface area contributed by atoms with Crippen molar-refractivity contribution in [3.63, 3.8) is 0 Å². The second kappa shape index (κ2) is 5.67. The van der Waals surface area contributed by atoms with Gasteiger partial charge in [-0.2, -0.15) is 0 Å². The molecule has 0 aliphatic heterocycles. The molecule has 0 fully saturated rings. The van der Waals surface area contributed by atoms with Crippen LogP contribution in [-0.4, -0.2) is 11.6 Å². The van der Waals surface area contributed by atoms with Gasteiger partial charge in [0.2, 0.25) is 0 Å². The van der Waals surface area contributed by atoms with Crippen molar-refractivity contribution in [2.24, 2.45) is 0 Å². The van der Waals surface area contributed by atoms with Crippen molar-refractivity contribution >= 4 is 15.9 Å². The second-order valence-corrected chi connectivity index (χ2v) is 5.23. The summed E-state index contributed by atoms with van der Waals surface area (Å²) in [5, 5.41) is 3.20. The summed E-state index contributed by atoms with van der Waals surface area (Å²) in [4.78, 5) is 0. The molecule has 2 rings (SSSR count).